The lowest BCUT2D eigenvalue weighted by atomic mass is 10.0. The molecule has 0 radical (unpaired) electrons. The molecule has 1 aromatic rings. The number of rotatable bonds is 8. The summed E-state index contributed by atoms with van der Waals surface area (Å²) in [6, 6.07) is 4.10. The molecule has 114 valence electrons. The van der Waals surface area contributed by atoms with Gasteiger partial charge in [0.2, 0.25) is 10.0 Å². The Labute approximate surface area is 122 Å². The van der Waals surface area contributed by atoms with E-state index in [4.69, 9.17) is 4.74 Å². The summed E-state index contributed by atoms with van der Waals surface area (Å²) in [5.74, 6) is 1.09. The highest BCUT2D eigenvalue weighted by Crippen LogP contribution is 2.23. The van der Waals surface area contributed by atoms with Gasteiger partial charge in [0.15, 0.2) is 0 Å². The van der Waals surface area contributed by atoms with Gasteiger partial charge in [-0.1, -0.05) is 13.0 Å². The van der Waals surface area contributed by atoms with Crippen LogP contribution in [0.15, 0.2) is 12.1 Å². The Balaban J connectivity index is 2.67. The van der Waals surface area contributed by atoms with E-state index in [1.165, 1.54) is 0 Å². The molecular weight excluding hydrogens is 274 g/mol. The molecule has 20 heavy (non-hydrogen) atoms. The van der Waals surface area contributed by atoms with Gasteiger partial charge in [-0.05, 0) is 56.4 Å². The molecule has 0 fully saturated rings. The molecule has 0 unspecified atom stereocenters. The van der Waals surface area contributed by atoms with E-state index in [0.717, 1.165) is 22.4 Å². The lowest BCUT2D eigenvalue weighted by Crippen LogP contribution is -2.28. The van der Waals surface area contributed by atoms with E-state index in [0.29, 0.717) is 26.0 Å². The van der Waals surface area contributed by atoms with Gasteiger partial charge in [-0.3, -0.25) is 0 Å². The van der Waals surface area contributed by atoms with Gasteiger partial charge < -0.3 is 4.74 Å². The van der Waals surface area contributed by atoms with E-state index in [1.54, 1.807) is 0 Å². The van der Waals surface area contributed by atoms with Gasteiger partial charge in [-0.2, -0.15) is 0 Å². The number of hydrogen-bond donors (Lipinski definition) is 1. The van der Waals surface area contributed by atoms with Crippen LogP contribution >= 0.6 is 0 Å². The summed E-state index contributed by atoms with van der Waals surface area (Å²) in [6.45, 7) is 8.95. The van der Waals surface area contributed by atoms with Crippen molar-refractivity contribution in [3.8, 4) is 5.75 Å². The second-order valence-corrected chi connectivity index (χ2v) is 6.87. The summed E-state index contributed by atoms with van der Waals surface area (Å²) < 4.78 is 31.3. The number of nitrogens with one attached hydrogen (secondary N) is 1. The Morgan fingerprint density at radius 2 is 1.85 bits per heavy atom. The second kappa shape index (κ2) is 7.64. The first kappa shape index (κ1) is 17.0. The Bertz CT molecular complexity index is 538. The molecule has 0 amide bonds. The number of ether oxygens (including phenoxy) is 1. The van der Waals surface area contributed by atoms with Crippen molar-refractivity contribution >= 4 is 10.0 Å². The average Bonchev–Trinajstić information content (AvgIpc) is 2.35. The number of benzene rings is 1. The molecule has 0 aliphatic heterocycles. The van der Waals surface area contributed by atoms with Gasteiger partial charge in [-0.25, -0.2) is 13.1 Å². The molecule has 1 N–H and O–H groups in total. The number of aryl methyl sites for hydroxylation is 2. The molecule has 1 aromatic carbocycles. The van der Waals surface area contributed by atoms with Crippen LogP contribution in [0.5, 0.6) is 5.75 Å². The Morgan fingerprint density at radius 1 is 1.15 bits per heavy atom. The quantitative estimate of drug-likeness (QED) is 0.802. The van der Waals surface area contributed by atoms with Gasteiger partial charge in [0, 0.05) is 6.54 Å². The van der Waals surface area contributed by atoms with E-state index in [2.05, 4.69) is 10.8 Å². The number of sulfonamides is 1. The molecule has 0 spiro atoms. The van der Waals surface area contributed by atoms with Gasteiger partial charge in [-0.15, -0.1) is 0 Å². The summed E-state index contributed by atoms with van der Waals surface area (Å²) >= 11 is 0. The first-order chi connectivity index (χ1) is 9.39. The fourth-order valence-corrected chi connectivity index (χ4v) is 3.21. The minimum atomic E-state index is -3.12. The van der Waals surface area contributed by atoms with Crippen LogP contribution in [0.4, 0.5) is 0 Å². The molecule has 0 bridgehead atoms. The summed E-state index contributed by atoms with van der Waals surface area (Å²) in [5.41, 5.74) is 3.38. The van der Waals surface area contributed by atoms with Crippen LogP contribution in [0.25, 0.3) is 0 Å². The van der Waals surface area contributed by atoms with Crippen molar-refractivity contribution in [3.63, 3.8) is 0 Å². The highest BCUT2D eigenvalue weighted by Gasteiger charge is 2.09. The molecule has 0 saturated heterocycles. The van der Waals surface area contributed by atoms with Crippen LogP contribution in [0.1, 0.15) is 37.0 Å². The Hall–Kier alpha value is -1.07. The Morgan fingerprint density at radius 3 is 2.45 bits per heavy atom. The van der Waals surface area contributed by atoms with Crippen molar-refractivity contribution < 1.29 is 13.2 Å². The normalized spacial score (nSPS) is 11.6. The largest absolute Gasteiger partial charge is 0.494 e. The molecule has 0 aromatic heterocycles. The lowest BCUT2D eigenvalue weighted by Gasteiger charge is -2.13. The SMILES string of the molecule is CCCS(=O)(=O)NCCc1cc(C)c(OCC)cc1C. The lowest BCUT2D eigenvalue weighted by molar-refractivity contribution is 0.337. The molecule has 0 aliphatic rings. The highest BCUT2D eigenvalue weighted by molar-refractivity contribution is 7.89. The predicted molar refractivity (Wildman–Crippen MR) is 82.9 cm³/mol. The van der Waals surface area contributed by atoms with Crippen molar-refractivity contribution in [2.24, 2.45) is 0 Å². The highest BCUT2D eigenvalue weighted by atomic mass is 32.2. The van der Waals surface area contributed by atoms with Crippen LogP contribution < -0.4 is 9.46 Å². The van der Waals surface area contributed by atoms with Crippen LogP contribution in [0, 0.1) is 13.8 Å². The third kappa shape index (κ3) is 5.13. The van der Waals surface area contributed by atoms with Crippen LogP contribution in [-0.2, 0) is 16.4 Å². The number of hydrogen-bond acceptors (Lipinski definition) is 3. The van der Waals surface area contributed by atoms with E-state index in [1.807, 2.05) is 33.8 Å². The maximum absolute atomic E-state index is 11.6. The molecule has 0 atom stereocenters. The van der Waals surface area contributed by atoms with E-state index in [9.17, 15) is 8.42 Å². The fraction of sp³-hybridized carbons (Fsp3) is 0.600. The van der Waals surface area contributed by atoms with E-state index in [-0.39, 0.29) is 5.75 Å². The van der Waals surface area contributed by atoms with Crippen molar-refractivity contribution in [1.29, 1.82) is 0 Å². The minimum Gasteiger partial charge on any atom is -0.494 e. The van der Waals surface area contributed by atoms with E-state index >= 15 is 0 Å². The van der Waals surface area contributed by atoms with Crippen LogP contribution in [-0.4, -0.2) is 27.3 Å². The molecular formula is C15H25NO3S. The van der Waals surface area contributed by atoms with E-state index < -0.39 is 10.0 Å². The summed E-state index contributed by atoms with van der Waals surface area (Å²) in [7, 11) is -3.12. The first-order valence-electron chi connectivity index (χ1n) is 7.09. The predicted octanol–water partition coefficient (Wildman–Crippen LogP) is 2.57. The van der Waals surface area contributed by atoms with Gasteiger partial charge >= 0.3 is 0 Å². The zero-order chi connectivity index (χ0) is 15.2. The fourth-order valence-electron chi connectivity index (χ4n) is 2.11. The smallest absolute Gasteiger partial charge is 0.211 e. The van der Waals surface area contributed by atoms with Crippen molar-refractivity contribution in [2.45, 2.75) is 40.5 Å². The van der Waals surface area contributed by atoms with Gasteiger partial charge in [0.05, 0.1) is 12.4 Å². The summed E-state index contributed by atoms with van der Waals surface area (Å²) in [6.07, 6.45) is 1.33. The maximum Gasteiger partial charge on any atom is 0.211 e. The van der Waals surface area contributed by atoms with Crippen molar-refractivity contribution in [1.82, 2.24) is 4.72 Å². The zero-order valence-electron chi connectivity index (χ0n) is 12.8. The third-order valence-corrected chi connectivity index (χ3v) is 4.71. The average molecular weight is 299 g/mol. The molecule has 0 aliphatic carbocycles. The van der Waals surface area contributed by atoms with Gasteiger partial charge in [0.25, 0.3) is 0 Å². The molecule has 0 heterocycles. The van der Waals surface area contributed by atoms with Crippen molar-refractivity contribution in [2.75, 3.05) is 18.9 Å². The minimum absolute atomic E-state index is 0.189. The first-order valence-corrected chi connectivity index (χ1v) is 8.75. The molecule has 4 nitrogen and oxygen atoms in total. The summed E-state index contributed by atoms with van der Waals surface area (Å²) in [4.78, 5) is 0. The second-order valence-electron chi connectivity index (χ2n) is 4.94. The maximum atomic E-state index is 11.6. The Kier molecular flexibility index (Phi) is 6.49. The van der Waals surface area contributed by atoms with Crippen LogP contribution in [0.2, 0.25) is 0 Å². The topological polar surface area (TPSA) is 55.4 Å². The molecule has 5 heteroatoms. The standard InChI is InChI=1S/C15H25NO3S/c1-5-9-20(17,18)16-8-7-14-10-13(4)15(19-6-2)11-12(14)3/h10-11,16H,5-9H2,1-4H3. The monoisotopic (exact) mass is 299 g/mol. The third-order valence-electron chi connectivity index (χ3n) is 3.12. The molecule has 0 saturated carbocycles. The molecule has 1 rings (SSSR count). The van der Waals surface area contributed by atoms with Gasteiger partial charge in [0.1, 0.15) is 5.75 Å². The zero-order valence-corrected chi connectivity index (χ0v) is 13.6. The van der Waals surface area contributed by atoms with Crippen molar-refractivity contribution in [3.05, 3.63) is 28.8 Å². The summed E-state index contributed by atoms with van der Waals surface area (Å²) in [5, 5.41) is 0. The van der Waals surface area contributed by atoms with Crippen LogP contribution in [0.3, 0.4) is 0 Å².